The molecule has 5 heteroatoms. The molecule has 0 radical (unpaired) electrons. The molecule has 1 aromatic carbocycles. The van der Waals surface area contributed by atoms with Gasteiger partial charge in [0.1, 0.15) is 13.2 Å². The lowest BCUT2D eigenvalue weighted by atomic mass is 10.0. The third kappa shape index (κ3) is 3.71. The Morgan fingerprint density at radius 1 is 1.30 bits per heavy atom. The summed E-state index contributed by atoms with van der Waals surface area (Å²) in [5.74, 6) is 1.43. The zero-order valence-electron chi connectivity index (χ0n) is 12.3. The van der Waals surface area contributed by atoms with E-state index >= 15 is 0 Å². The second kappa shape index (κ2) is 6.72. The fraction of sp³-hybridized carbons (Fsp3) is 0.533. The molecule has 0 fully saturated rings. The first-order valence-corrected chi connectivity index (χ1v) is 6.90. The highest BCUT2D eigenvalue weighted by Crippen LogP contribution is 2.31. The molecule has 0 aromatic heterocycles. The zero-order chi connectivity index (χ0) is 14.5. The van der Waals surface area contributed by atoms with Crippen molar-refractivity contribution in [2.75, 3.05) is 40.4 Å². The highest BCUT2D eigenvalue weighted by atomic mass is 16.6. The van der Waals surface area contributed by atoms with Crippen LogP contribution in [0, 0.1) is 0 Å². The van der Waals surface area contributed by atoms with Crippen LogP contribution >= 0.6 is 0 Å². The minimum Gasteiger partial charge on any atom is -0.486 e. The average Bonchev–Trinajstić information content (AvgIpc) is 2.45. The van der Waals surface area contributed by atoms with Crippen LogP contribution in [0.2, 0.25) is 0 Å². The fourth-order valence-corrected chi connectivity index (χ4v) is 2.04. The van der Waals surface area contributed by atoms with Gasteiger partial charge in [0.25, 0.3) is 0 Å². The van der Waals surface area contributed by atoms with Crippen LogP contribution in [0.4, 0.5) is 0 Å². The highest BCUT2D eigenvalue weighted by Gasteiger charge is 2.18. The summed E-state index contributed by atoms with van der Waals surface area (Å²) in [7, 11) is 4.02. The van der Waals surface area contributed by atoms with Crippen molar-refractivity contribution in [3.8, 4) is 11.5 Å². The number of ether oxygens (including phenoxy) is 2. The monoisotopic (exact) mass is 278 g/mol. The average molecular weight is 278 g/mol. The summed E-state index contributed by atoms with van der Waals surface area (Å²) in [6.07, 6.45) is 0. The summed E-state index contributed by atoms with van der Waals surface area (Å²) in [4.78, 5) is 14.4. The summed E-state index contributed by atoms with van der Waals surface area (Å²) in [5.41, 5.74) is 0.652. The predicted octanol–water partition coefficient (Wildman–Crippen LogP) is 1.18. The minimum absolute atomic E-state index is 0.0701. The van der Waals surface area contributed by atoms with Gasteiger partial charge in [-0.3, -0.25) is 4.79 Å². The smallest absolute Gasteiger partial charge is 0.179 e. The van der Waals surface area contributed by atoms with E-state index in [9.17, 15) is 4.79 Å². The Bertz CT molecular complexity index is 474. The minimum atomic E-state index is -0.211. The molecule has 0 amide bonds. The molecule has 0 saturated heterocycles. The number of Topliss-reactive ketones (excluding diaryl/α,β-unsaturated/α-hetero) is 1. The number of ketones is 1. The first-order valence-electron chi connectivity index (χ1n) is 6.90. The molecule has 1 aliphatic rings. The van der Waals surface area contributed by atoms with Crippen molar-refractivity contribution in [1.29, 1.82) is 0 Å². The number of fused-ring (bicyclic) bond motifs is 1. The fourth-order valence-electron chi connectivity index (χ4n) is 2.04. The van der Waals surface area contributed by atoms with Crippen molar-refractivity contribution in [2.45, 2.75) is 13.0 Å². The number of nitrogens with zero attached hydrogens (tertiary/aromatic N) is 1. The molecule has 1 atom stereocenters. The van der Waals surface area contributed by atoms with Gasteiger partial charge in [-0.2, -0.15) is 0 Å². The molecule has 1 N–H and O–H groups in total. The van der Waals surface area contributed by atoms with Crippen molar-refractivity contribution < 1.29 is 14.3 Å². The van der Waals surface area contributed by atoms with Gasteiger partial charge in [0, 0.05) is 18.7 Å². The lowest BCUT2D eigenvalue weighted by molar-refractivity contribution is 0.0949. The molecule has 0 spiro atoms. The first-order chi connectivity index (χ1) is 9.58. The maximum Gasteiger partial charge on any atom is 0.179 e. The number of carbonyl (C=O) groups excluding carboxylic acids is 1. The Morgan fingerprint density at radius 2 is 2.00 bits per heavy atom. The maximum atomic E-state index is 12.3. The van der Waals surface area contributed by atoms with Gasteiger partial charge in [0.2, 0.25) is 0 Å². The highest BCUT2D eigenvalue weighted by molar-refractivity contribution is 6.00. The molecule has 1 unspecified atom stereocenters. The Labute approximate surface area is 119 Å². The third-order valence-corrected chi connectivity index (χ3v) is 3.23. The Kier molecular flexibility index (Phi) is 4.98. The van der Waals surface area contributed by atoms with Gasteiger partial charge in [-0.15, -0.1) is 0 Å². The van der Waals surface area contributed by atoms with Gasteiger partial charge in [0.05, 0.1) is 6.04 Å². The largest absolute Gasteiger partial charge is 0.486 e. The number of hydrogen-bond acceptors (Lipinski definition) is 5. The van der Waals surface area contributed by atoms with E-state index in [2.05, 4.69) is 10.2 Å². The second-order valence-corrected chi connectivity index (χ2v) is 5.20. The van der Waals surface area contributed by atoms with Crippen LogP contribution in [-0.2, 0) is 0 Å². The van der Waals surface area contributed by atoms with Crippen LogP contribution in [0.1, 0.15) is 17.3 Å². The molecule has 1 aromatic rings. The Balaban J connectivity index is 1.98. The molecule has 20 heavy (non-hydrogen) atoms. The van der Waals surface area contributed by atoms with E-state index in [0.717, 1.165) is 13.1 Å². The maximum absolute atomic E-state index is 12.3. The van der Waals surface area contributed by atoms with Gasteiger partial charge in [-0.25, -0.2) is 0 Å². The molecule has 5 nitrogen and oxygen atoms in total. The lowest BCUT2D eigenvalue weighted by Gasteiger charge is -2.20. The molecule has 0 bridgehead atoms. The second-order valence-electron chi connectivity index (χ2n) is 5.20. The molecular formula is C15H22N2O3. The quantitative estimate of drug-likeness (QED) is 0.792. The van der Waals surface area contributed by atoms with E-state index in [-0.39, 0.29) is 11.8 Å². The van der Waals surface area contributed by atoms with Crippen molar-refractivity contribution >= 4 is 5.78 Å². The molecule has 1 aliphatic heterocycles. The molecule has 0 aliphatic carbocycles. The Morgan fingerprint density at radius 3 is 2.70 bits per heavy atom. The number of rotatable bonds is 6. The Hall–Kier alpha value is -1.59. The van der Waals surface area contributed by atoms with Crippen molar-refractivity contribution in [3.05, 3.63) is 23.8 Å². The lowest BCUT2D eigenvalue weighted by Crippen LogP contribution is -2.38. The van der Waals surface area contributed by atoms with E-state index in [0.29, 0.717) is 30.3 Å². The van der Waals surface area contributed by atoms with Gasteiger partial charge in [-0.05, 0) is 39.2 Å². The van der Waals surface area contributed by atoms with Gasteiger partial charge in [0.15, 0.2) is 17.3 Å². The van der Waals surface area contributed by atoms with Gasteiger partial charge >= 0.3 is 0 Å². The summed E-state index contributed by atoms with van der Waals surface area (Å²) >= 11 is 0. The summed E-state index contributed by atoms with van der Waals surface area (Å²) in [6.45, 7) is 4.65. The normalized spacial score (nSPS) is 15.2. The topological polar surface area (TPSA) is 50.8 Å². The van der Waals surface area contributed by atoms with Crippen molar-refractivity contribution in [2.24, 2.45) is 0 Å². The van der Waals surface area contributed by atoms with Gasteiger partial charge in [-0.1, -0.05) is 0 Å². The van der Waals surface area contributed by atoms with E-state index in [1.165, 1.54) is 0 Å². The SMILES string of the molecule is CC(NCCN(C)C)C(=O)c1ccc2c(c1)OCCO2. The van der Waals surface area contributed by atoms with Crippen LogP contribution in [0.15, 0.2) is 18.2 Å². The van der Waals surface area contributed by atoms with Crippen LogP contribution in [-0.4, -0.2) is 57.1 Å². The van der Waals surface area contributed by atoms with Crippen LogP contribution < -0.4 is 14.8 Å². The van der Waals surface area contributed by atoms with Crippen LogP contribution in [0.3, 0.4) is 0 Å². The standard InChI is InChI=1S/C15H22N2O3/c1-11(16-6-7-17(2)3)15(18)12-4-5-13-14(10-12)20-9-8-19-13/h4-5,10-11,16H,6-9H2,1-3H3. The van der Waals surface area contributed by atoms with E-state index in [1.807, 2.05) is 21.0 Å². The number of hydrogen-bond donors (Lipinski definition) is 1. The third-order valence-electron chi connectivity index (χ3n) is 3.23. The van der Waals surface area contributed by atoms with E-state index in [1.54, 1.807) is 18.2 Å². The molecule has 0 saturated carbocycles. The van der Waals surface area contributed by atoms with Gasteiger partial charge < -0.3 is 19.7 Å². The van der Waals surface area contributed by atoms with E-state index in [4.69, 9.17) is 9.47 Å². The molecular weight excluding hydrogens is 256 g/mol. The molecule has 2 rings (SSSR count). The summed E-state index contributed by atoms with van der Waals surface area (Å²) in [5, 5.41) is 3.23. The number of carbonyl (C=O) groups is 1. The van der Waals surface area contributed by atoms with Crippen molar-refractivity contribution in [1.82, 2.24) is 10.2 Å². The number of benzene rings is 1. The van der Waals surface area contributed by atoms with Crippen molar-refractivity contribution in [3.63, 3.8) is 0 Å². The van der Waals surface area contributed by atoms with Crippen LogP contribution in [0.5, 0.6) is 11.5 Å². The number of nitrogens with one attached hydrogen (secondary N) is 1. The number of likely N-dealkylation sites (N-methyl/N-ethyl adjacent to an activating group) is 1. The zero-order valence-corrected chi connectivity index (χ0v) is 12.3. The van der Waals surface area contributed by atoms with E-state index < -0.39 is 0 Å². The molecule has 110 valence electrons. The summed E-state index contributed by atoms with van der Waals surface area (Å²) < 4.78 is 11.0. The summed E-state index contributed by atoms with van der Waals surface area (Å²) in [6, 6.07) is 5.15. The van der Waals surface area contributed by atoms with Crippen LogP contribution in [0.25, 0.3) is 0 Å². The first kappa shape index (κ1) is 14.8. The molecule has 1 heterocycles. The predicted molar refractivity (Wildman–Crippen MR) is 77.8 cm³/mol.